The molecular weight excluding hydrogens is 219 g/mol. The zero-order valence-electron chi connectivity index (χ0n) is 5.09. The number of fused-ring (bicyclic) bond motifs is 2. The molecule has 2 aliphatic heterocycles. The number of hydrogen-bond donors (Lipinski definition) is 1. The van der Waals surface area contributed by atoms with Gasteiger partial charge in [-0.1, -0.05) is 0 Å². The predicted octanol–water partition coefficient (Wildman–Crippen LogP) is -1.60. The number of carbonyl (C=O) groups excluding carboxylic acids is 1. The van der Waals surface area contributed by atoms with Crippen molar-refractivity contribution in [3.8, 4) is 0 Å². The van der Waals surface area contributed by atoms with E-state index >= 15 is 0 Å². The molecule has 3 atom stereocenters. The van der Waals surface area contributed by atoms with Crippen LogP contribution in [0.25, 0.3) is 0 Å². The Morgan fingerprint density at radius 3 is 2.64 bits per heavy atom. The maximum absolute atomic E-state index is 10.7. The molecule has 2 saturated heterocycles. The quantitative estimate of drug-likeness (QED) is 0.538. The molecule has 0 amide bonds. The molecule has 2 fully saturated rings. The fraction of sp³-hybridized carbons (Fsp3) is 0.500. The van der Waals surface area contributed by atoms with Gasteiger partial charge in [0.2, 0.25) is 0 Å². The van der Waals surface area contributed by atoms with Gasteiger partial charge in [0.25, 0.3) is 0 Å². The molecule has 2 bridgehead atoms. The van der Waals surface area contributed by atoms with Gasteiger partial charge in [0.1, 0.15) is 0 Å². The van der Waals surface area contributed by atoms with Crippen LogP contribution in [-0.4, -0.2) is 44.9 Å². The van der Waals surface area contributed by atoms with Crippen LogP contribution in [0.3, 0.4) is 0 Å². The van der Waals surface area contributed by atoms with Gasteiger partial charge in [-0.25, -0.2) is 0 Å². The second kappa shape index (κ2) is 2.20. The Balaban J connectivity index is 2.18. The molecule has 2 aliphatic rings. The molecule has 3 unspecified atom stereocenters. The van der Waals surface area contributed by atoms with E-state index in [4.69, 9.17) is 12.6 Å². The van der Waals surface area contributed by atoms with Gasteiger partial charge in [-0.2, -0.15) is 0 Å². The van der Waals surface area contributed by atoms with E-state index in [1.807, 2.05) is 0 Å². The molecule has 11 heavy (non-hydrogen) atoms. The third kappa shape index (κ3) is 0.945. The van der Waals surface area contributed by atoms with E-state index in [1.165, 1.54) is 0 Å². The zero-order valence-corrected chi connectivity index (χ0v) is 6.97. The van der Waals surface area contributed by atoms with Crippen LogP contribution in [0.4, 0.5) is 0 Å². The van der Waals surface area contributed by atoms with Crippen molar-refractivity contribution in [3.63, 3.8) is 0 Å². The van der Waals surface area contributed by atoms with E-state index in [2.05, 4.69) is 3.73 Å². The summed E-state index contributed by atoms with van der Waals surface area (Å²) in [6, 6.07) is 0. The Labute approximate surface area is 66.4 Å². The Kier molecular flexibility index (Phi) is 1.42. The maximum atomic E-state index is 10.7. The Morgan fingerprint density at radius 2 is 2.27 bits per heavy atom. The summed E-state index contributed by atoms with van der Waals surface area (Å²) < 4.78 is 14.1. The summed E-state index contributed by atoms with van der Waals surface area (Å²) in [4.78, 5) is 21.0. The number of rotatable bonds is 1. The first kappa shape index (κ1) is 7.09. The number of carbonyl (C=O) groups is 2. The van der Waals surface area contributed by atoms with Crippen molar-refractivity contribution in [1.82, 2.24) is 0 Å². The monoisotopic (exact) mass is 222 g/mol. The molecule has 1 N–H and O–H groups in total. The molecule has 0 aliphatic carbocycles. The van der Waals surface area contributed by atoms with Crippen molar-refractivity contribution >= 4 is 27.6 Å². The average molecular weight is 222 g/mol. The van der Waals surface area contributed by atoms with Crippen molar-refractivity contribution in [2.75, 3.05) is 0 Å². The molecule has 0 radical (unpaired) electrons. The van der Waals surface area contributed by atoms with Gasteiger partial charge in [0.05, 0.1) is 0 Å². The van der Waals surface area contributed by atoms with Gasteiger partial charge in [0, 0.05) is 0 Å². The summed E-state index contributed by atoms with van der Waals surface area (Å²) in [7, 11) is 0. The molecule has 7 heteroatoms. The van der Waals surface area contributed by atoms with Gasteiger partial charge in [-0.3, -0.25) is 0 Å². The standard InChI is InChI=1S/C4H3AsO6/c6-3(7)1-2-4(8)11-5(9-1)10-2/h1-2H,(H,6,7). The first-order valence-electron chi connectivity index (χ1n) is 2.77. The molecule has 0 saturated carbocycles. The Bertz CT molecular complexity index is 227. The van der Waals surface area contributed by atoms with Crippen molar-refractivity contribution in [2.45, 2.75) is 12.2 Å². The van der Waals surface area contributed by atoms with E-state index in [0.717, 1.165) is 0 Å². The van der Waals surface area contributed by atoms with Crippen LogP contribution in [-0.2, 0) is 20.8 Å². The van der Waals surface area contributed by atoms with Crippen LogP contribution in [0.15, 0.2) is 0 Å². The molecule has 0 aromatic carbocycles. The molecule has 2 heterocycles. The summed E-state index contributed by atoms with van der Waals surface area (Å²) in [5.41, 5.74) is 0. The molecule has 60 valence electrons. The van der Waals surface area contributed by atoms with E-state index in [0.29, 0.717) is 0 Å². The van der Waals surface area contributed by atoms with Gasteiger partial charge in [0.15, 0.2) is 0 Å². The molecular formula is C4H3AsO6. The van der Waals surface area contributed by atoms with Crippen LogP contribution in [0.2, 0.25) is 0 Å². The number of carboxylic acids is 1. The first-order valence-corrected chi connectivity index (χ1v) is 5.06. The number of aliphatic carboxylic acids is 1. The van der Waals surface area contributed by atoms with Crippen molar-refractivity contribution in [2.24, 2.45) is 0 Å². The van der Waals surface area contributed by atoms with Gasteiger partial charge >= 0.3 is 65.7 Å². The minimum absolute atomic E-state index is 0.608. The summed E-state index contributed by atoms with van der Waals surface area (Å²) in [5.74, 6) is -1.79. The molecule has 0 spiro atoms. The zero-order chi connectivity index (χ0) is 8.01. The number of hydrogen-bond acceptors (Lipinski definition) is 5. The predicted molar refractivity (Wildman–Crippen MR) is 29.2 cm³/mol. The van der Waals surface area contributed by atoms with Crippen LogP contribution < -0.4 is 0 Å². The topological polar surface area (TPSA) is 82.1 Å². The summed E-state index contributed by atoms with van der Waals surface area (Å²) >= 11 is -2.45. The van der Waals surface area contributed by atoms with Crippen LogP contribution in [0, 0.1) is 0 Å². The van der Waals surface area contributed by atoms with E-state index in [-0.39, 0.29) is 0 Å². The van der Waals surface area contributed by atoms with Gasteiger partial charge in [-0.15, -0.1) is 0 Å². The summed E-state index contributed by atoms with van der Waals surface area (Å²) in [6.45, 7) is 0. The second-order valence-corrected chi connectivity index (χ2v) is 4.23. The third-order valence-corrected chi connectivity index (χ3v) is 3.68. The van der Waals surface area contributed by atoms with E-state index in [1.54, 1.807) is 0 Å². The summed E-state index contributed by atoms with van der Waals surface area (Å²) in [6.07, 6.45) is -2.16. The Morgan fingerprint density at radius 1 is 1.55 bits per heavy atom. The van der Waals surface area contributed by atoms with Crippen molar-refractivity contribution < 1.29 is 25.9 Å². The van der Waals surface area contributed by atoms with Gasteiger partial charge in [-0.05, 0) is 0 Å². The van der Waals surface area contributed by atoms with E-state index < -0.39 is 39.8 Å². The van der Waals surface area contributed by atoms with E-state index in [9.17, 15) is 9.59 Å². The molecule has 0 aromatic rings. The van der Waals surface area contributed by atoms with Crippen molar-refractivity contribution in [1.29, 1.82) is 0 Å². The minimum atomic E-state index is -2.45. The normalized spacial score (nSPS) is 40.7. The Hall–Kier alpha value is -0.582. The fourth-order valence-electron chi connectivity index (χ4n) is 0.830. The first-order chi connectivity index (χ1) is 5.18. The van der Waals surface area contributed by atoms with Gasteiger partial charge < -0.3 is 0 Å². The fourth-order valence-corrected chi connectivity index (χ4v) is 3.25. The van der Waals surface area contributed by atoms with Crippen LogP contribution >= 0.6 is 0 Å². The molecule has 2 rings (SSSR count). The third-order valence-electron chi connectivity index (χ3n) is 1.31. The SMILES string of the molecule is O=C(O)C1O[As]2OC(=O)C1O2. The van der Waals surface area contributed by atoms with Crippen LogP contribution in [0.1, 0.15) is 0 Å². The van der Waals surface area contributed by atoms with Crippen LogP contribution in [0.5, 0.6) is 0 Å². The average Bonchev–Trinajstić information content (AvgIpc) is 2.43. The molecule has 6 nitrogen and oxygen atoms in total. The summed E-state index contributed by atoms with van der Waals surface area (Å²) in [5, 5.41) is 8.46. The second-order valence-electron chi connectivity index (χ2n) is 2.02. The molecule has 0 aromatic heterocycles. The van der Waals surface area contributed by atoms with Crippen molar-refractivity contribution in [3.05, 3.63) is 0 Å². The number of carboxylic acid groups (broad SMARTS) is 1.